The molecule has 5 nitrogen and oxygen atoms in total. The molecule has 0 unspecified atom stereocenters. The third kappa shape index (κ3) is 4.06. The Balaban J connectivity index is 1.98. The zero-order valence-corrected chi connectivity index (χ0v) is 14.0. The summed E-state index contributed by atoms with van der Waals surface area (Å²) in [6, 6.07) is 3.84. The Morgan fingerprint density at radius 3 is 2.50 bits per heavy atom. The van der Waals surface area contributed by atoms with Gasteiger partial charge in [0.1, 0.15) is 11.5 Å². The van der Waals surface area contributed by atoms with Gasteiger partial charge in [-0.2, -0.15) is 13.2 Å². The summed E-state index contributed by atoms with van der Waals surface area (Å²) in [5.74, 6) is -1.82. The number of hydrogen-bond acceptors (Lipinski definition) is 4. The molecule has 1 amide bonds. The summed E-state index contributed by atoms with van der Waals surface area (Å²) in [4.78, 5) is 26.7. The van der Waals surface area contributed by atoms with Gasteiger partial charge in [-0.3, -0.25) is 14.2 Å². The molecule has 0 aliphatic heterocycles. The van der Waals surface area contributed by atoms with Crippen LogP contribution in [0.4, 0.5) is 17.6 Å². The van der Waals surface area contributed by atoms with Gasteiger partial charge in [-0.05, 0) is 48.2 Å². The van der Waals surface area contributed by atoms with E-state index in [1.807, 2.05) is 0 Å². The first-order chi connectivity index (χ1) is 12.2. The predicted octanol–water partition coefficient (Wildman–Crippen LogP) is 3.09. The van der Waals surface area contributed by atoms with E-state index in [0.717, 1.165) is 37.4 Å². The molecule has 1 aromatic carbocycles. The summed E-state index contributed by atoms with van der Waals surface area (Å²) >= 11 is -0.531. The van der Waals surface area contributed by atoms with Crippen molar-refractivity contribution in [1.82, 2.24) is 9.55 Å². The lowest BCUT2D eigenvalue weighted by Crippen LogP contribution is -2.29. The lowest BCUT2D eigenvalue weighted by Gasteiger charge is -2.20. The summed E-state index contributed by atoms with van der Waals surface area (Å²) in [5.41, 5.74) is 0.127. The SMILES string of the molecule is NC(=O)c1cc(=O)n([C@@H](c2ccc(SC(F)(F)F)c(F)c2)C2CC2)cn1. The van der Waals surface area contributed by atoms with Crippen LogP contribution in [-0.4, -0.2) is 21.0 Å². The molecule has 138 valence electrons. The maximum absolute atomic E-state index is 14.1. The van der Waals surface area contributed by atoms with Gasteiger partial charge in [0.05, 0.1) is 17.3 Å². The molecule has 0 bridgehead atoms. The van der Waals surface area contributed by atoms with Crippen molar-refractivity contribution >= 4 is 17.7 Å². The normalized spacial score (nSPS) is 15.7. The molecule has 1 fully saturated rings. The Kier molecular flexibility index (Phi) is 4.78. The fourth-order valence-electron chi connectivity index (χ4n) is 2.73. The van der Waals surface area contributed by atoms with Crippen molar-refractivity contribution in [1.29, 1.82) is 0 Å². The van der Waals surface area contributed by atoms with Crippen molar-refractivity contribution in [2.24, 2.45) is 11.7 Å². The summed E-state index contributed by atoms with van der Waals surface area (Å²) in [6.45, 7) is 0. The molecule has 2 aromatic rings. The fourth-order valence-corrected chi connectivity index (χ4v) is 3.28. The van der Waals surface area contributed by atoms with Gasteiger partial charge in [-0.1, -0.05) is 6.07 Å². The minimum atomic E-state index is -4.59. The molecule has 2 N–H and O–H groups in total. The van der Waals surface area contributed by atoms with Crippen LogP contribution in [-0.2, 0) is 0 Å². The largest absolute Gasteiger partial charge is 0.446 e. The van der Waals surface area contributed by atoms with Gasteiger partial charge in [-0.15, -0.1) is 0 Å². The third-order valence-corrected chi connectivity index (χ3v) is 4.76. The molecular formula is C16H13F4N3O2S. The van der Waals surface area contributed by atoms with Crippen LogP contribution in [0.1, 0.15) is 34.9 Å². The number of nitrogens with zero attached hydrogens (tertiary/aromatic N) is 2. The number of alkyl halides is 3. The standard InChI is InChI=1S/C16H13F4N3O2S/c17-10-5-9(3-4-12(10)26-16(18,19)20)14(8-1-2-8)23-7-22-11(15(21)25)6-13(23)24/h3-8,14H,1-2H2,(H2,21,25)/t14-/m1/s1. The summed E-state index contributed by atoms with van der Waals surface area (Å²) in [5, 5.41) is 0. The smallest absolute Gasteiger partial charge is 0.364 e. The Morgan fingerprint density at radius 2 is 2.00 bits per heavy atom. The summed E-state index contributed by atoms with van der Waals surface area (Å²) in [6.07, 6.45) is 2.73. The van der Waals surface area contributed by atoms with Gasteiger partial charge in [0.15, 0.2) is 0 Å². The van der Waals surface area contributed by atoms with Gasteiger partial charge in [-0.25, -0.2) is 9.37 Å². The van der Waals surface area contributed by atoms with Crippen LogP contribution in [0.2, 0.25) is 0 Å². The number of amides is 1. The fraction of sp³-hybridized carbons (Fsp3) is 0.312. The van der Waals surface area contributed by atoms with E-state index in [9.17, 15) is 27.2 Å². The van der Waals surface area contributed by atoms with E-state index in [2.05, 4.69) is 4.98 Å². The van der Waals surface area contributed by atoms with E-state index in [4.69, 9.17) is 5.73 Å². The molecule has 1 aromatic heterocycles. The van der Waals surface area contributed by atoms with Crippen LogP contribution in [0.3, 0.4) is 0 Å². The van der Waals surface area contributed by atoms with Gasteiger partial charge in [0.25, 0.3) is 11.5 Å². The van der Waals surface area contributed by atoms with Crippen molar-refractivity contribution < 1.29 is 22.4 Å². The maximum Gasteiger partial charge on any atom is 0.446 e. The van der Waals surface area contributed by atoms with E-state index in [1.165, 1.54) is 10.6 Å². The Hall–Kier alpha value is -2.36. The summed E-state index contributed by atoms with van der Waals surface area (Å²) in [7, 11) is 0. The van der Waals surface area contributed by atoms with Gasteiger partial charge in [0, 0.05) is 6.07 Å². The highest BCUT2D eigenvalue weighted by Gasteiger charge is 2.36. The van der Waals surface area contributed by atoms with Crippen LogP contribution in [0, 0.1) is 11.7 Å². The van der Waals surface area contributed by atoms with Crippen LogP contribution in [0.15, 0.2) is 40.3 Å². The second-order valence-corrected chi connectivity index (χ2v) is 7.01. The van der Waals surface area contributed by atoms with Crippen molar-refractivity contribution in [2.45, 2.75) is 29.3 Å². The average molecular weight is 387 g/mol. The maximum atomic E-state index is 14.1. The first kappa shape index (κ1) is 18.4. The van der Waals surface area contributed by atoms with Crippen LogP contribution in [0.5, 0.6) is 0 Å². The number of aromatic nitrogens is 2. The van der Waals surface area contributed by atoms with Crippen LogP contribution in [0.25, 0.3) is 0 Å². The van der Waals surface area contributed by atoms with E-state index < -0.39 is 45.5 Å². The number of thioether (sulfide) groups is 1. The van der Waals surface area contributed by atoms with Gasteiger partial charge >= 0.3 is 5.51 Å². The number of benzene rings is 1. The first-order valence-corrected chi connectivity index (χ1v) is 8.40. The molecule has 0 spiro atoms. The number of halogens is 4. The van der Waals surface area contributed by atoms with E-state index >= 15 is 0 Å². The molecule has 1 aliphatic rings. The van der Waals surface area contributed by atoms with Crippen molar-refractivity contribution in [3.05, 3.63) is 58.0 Å². The number of carbonyl (C=O) groups is 1. The third-order valence-electron chi connectivity index (χ3n) is 3.98. The molecule has 0 saturated heterocycles. The topological polar surface area (TPSA) is 78.0 Å². The number of hydrogen-bond donors (Lipinski definition) is 1. The molecule has 1 atom stereocenters. The van der Waals surface area contributed by atoms with Crippen LogP contribution >= 0.6 is 11.8 Å². The predicted molar refractivity (Wildman–Crippen MR) is 86.2 cm³/mol. The number of rotatable bonds is 5. The van der Waals surface area contributed by atoms with E-state index in [0.29, 0.717) is 5.56 Å². The number of carbonyl (C=O) groups excluding carboxylic acids is 1. The molecule has 1 heterocycles. The molecule has 1 aliphatic carbocycles. The minimum Gasteiger partial charge on any atom is -0.364 e. The highest BCUT2D eigenvalue weighted by atomic mass is 32.2. The Bertz CT molecular complexity index is 909. The highest BCUT2D eigenvalue weighted by molar-refractivity contribution is 8.00. The quantitative estimate of drug-likeness (QED) is 0.632. The van der Waals surface area contributed by atoms with Crippen molar-refractivity contribution in [3.8, 4) is 0 Å². The second kappa shape index (κ2) is 6.75. The van der Waals surface area contributed by atoms with Crippen LogP contribution < -0.4 is 11.3 Å². The van der Waals surface area contributed by atoms with E-state index in [1.54, 1.807) is 0 Å². The van der Waals surface area contributed by atoms with Gasteiger partial charge < -0.3 is 5.73 Å². The van der Waals surface area contributed by atoms with Crippen molar-refractivity contribution in [3.63, 3.8) is 0 Å². The monoisotopic (exact) mass is 387 g/mol. The zero-order chi connectivity index (χ0) is 19.1. The second-order valence-electron chi connectivity index (χ2n) is 5.90. The first-order valence-electron chi connectivity index (χ1n) is 7.59. The highest BCUT2D eigenvalue weighted by Crippen LogP contribution is 2.44. The number of nitrogens with two attached hydrogens (primary N) is 1. The summed E-state index contributed by atoms with van der Waals surface area (Å²) < 4.78 is 52.7. The zero-order valence-electron chi connectivity index (χ0n) is 13.2. The lowest BCUT2D eigenvalue weighted by atomic mass is 10.0. The molecule has 26 heavy (non-hydrogen) atoms. The van der Waals surface area contributed by atoms with Gasteiger partial charge in [0.2, 0.25) is 0 Å². The molecule has 3 rings (SSSR count). The Morgan fingerprint density at radius 1 is 1.31 bits per heavy atom. The molecular weight excluding hydrogens is 374 g/mol. The lowest BCUT2D eigenvalue weighted by molar-refractivity contribution is -0.0329. The Labute approximate surface area is 149 Å². The van der Waals surface area contributed by atoms with E-state index in [-0.39, 0.29) is 11.6 Å². The molecule has 10 heteroatoms. The van der Waals surface area contributed by atoms with Crippen molar-refractivity contribution in [2.75, 3.05) is 0 Å². The molecule has 1 saturated carbocycles. The minimum absolute atomic E-state index is 0.0365. The average Bonchev–Trinajstić information content (AvgIpc) is 3.35. The number of primary amides is 1. The molecule has 0 radical (unpaired) electrons.